The molecular formula is C18H20N4O4. The van der Waals surface area contributed by atoms with Crippen molar-refractivity contribution in [3.8, 4) is 0 Å². The predicted octanol–water partition coefficient (Wildman–Crippen LogP) is 1.60. The van der Waals surface area contributed by atoms with Crippen LogP contribution in [0.4, 0.5) is 5.82 Å². The van der Waals surface area contributed by atoms with Crippen molar-refractivity contribution in [2.24, 2.45) is 0 Å². The number of carboxylic acids is 1. The molecule has 2 heterocycles. The quantitative estimate of drug-likeness (QED) is 0.847. The predicted molar refractivity (Wildman–Crippen MR) is 93.6 cm³/mol. The number of aromatic nitrogens is 2. The first kappa shape index (κ1) is 17.7. The van der Waals surface area contributed by atoms with Crippen LogP contribution in [0.5, 0.6) is 0 Å². The third kappa shape index (κ3) is 3.44. The smallest absolute Gasteiger partial charge is 0.325 e. The number of nitrogens with zero attached hydrogens (tertiary/aromatic N) is 3. The number of carbonyl (C=O) groups excluding carboxylic acids is 2. The van der Waals surface area contributed by atoms with Crippen LogP contribution in [-0.4, -0.2) is 49.7 Å². The van der Waals surface area contributed by atoms with E-state index in [0.717, 1.165) is 6.42 Å². The fraction of sp³-hybridized carbons (Fsp3) is 0.333. The second kappa shape index (κ2) is 6.99. The number of carboxylic acid groups (broad SMARTS) is 1. The average molecular weight is 356 g/mol. The lowest BCUT2D eigenvalue weighted by Crippen LogP contribution is -2.53. The van der Waals surface area contributed by atoms with Crippen LogP contribution in [0.15, 0.2) is 42.6 Å². The molecule has 3 rings (SSSR count). The molecular weight excluding hydrogens is 336 g/mol. The highest BCUT2D eigenvalue weighted by atomic mass is 16.4. The number of carbonyl (C=O) groups is 3. The molecule has 0 saturated carbocycles. The number of amides is 2. The minimum Gasteiger partial charge on any atom is -0.480 e. The molecule has 1 atom stereocenters. The van der Waals surface area contributed by atoms with Gasteiger partial charge in [-0.2, -0.15) is 5.10 Å². The molecule has 136 valence electrons. The molecule has 1 aliphatic rings. The second-order valence-corrected chi connectivity index (χ2v) is 6.45. The minimum atomic E-state index is -1.02. The average Bonchev–Trinajstić information content (AvgIpc) is 3.21. The Morgan fingerprint density at radius 1 is 1.23 bits per heavy atom. The van der Waals surface area contributed by atoms with Crippen LogP contribution < -0.4 is 5.32 Å². The van der Waals surface area contributed by atoms with E-state index in [4.69, 9.17) is 5.11 Å². The van der Waals surface area contributed by atoms with Gasteiger partial charge in [0.2, 0.25) is 0 Å². The molecule has 1 fully saturated rings. The maximum Gasteiger partial charge on any atom is 0.325 e. The number of rotatable bonds is 5. The Labute approximate surface area is 150 Å². The van der Waals surface area contributed by atoms with Gasteiger partial charge in [-0.1, -0.05) is 18.2 Å². The molecule has 1 unspecified atom stereocenters. The van der Waals surface area contributed by atoms with Crippen LogP contribution in [0.3, 0.4) is 0 Å². The Kier molecular flexibility index (Phi) is 4.75. The van der Waals surface area contributed by atoms with Crippen LogP contribution in [0.2, 0.25) is 0 Å². The molecule has 1 aromatic carbocycles. The molecule has 26 heavy (non-hydrogen) atoms. The zero-order valence-electron chi connectivity index (χ0n) is 14.4. The van der Waals surface area contributed by atoms with Gasteiger partial charge in [0.05, 0.1) is 0 Å². The van der Waals surface area contributed by atoms with Gasteiger partial charge in [-0.25, -0.2) is 0 Å². The van der Waals surface area contributed by atoms with Crippen molar-refractivity contribution in [3.63, 3.8) is 0 Å². The Hall–Kier alpha value is -3.16. The van der Waals surface area contributed by atoms with Crippen LogP contribution in [0.25, 0.3) is 0 Å². The molecule has 0 radical (unpaired) electrons. The van der Waals surface area contributed by atoms with Crippen LogP contribution in [0, 0.1) is 0 Å². The number of benzene rings is 1. The molecule has 1 aromatic heterocycles. The summed E-state index contributed by atoms with van der Waals surface area (Å²) in [6.45, 7) is 1.96. The molecule has 0 spiro atoms. The molecule has 2 N–H and O–H groups in total. The van der Waals surface area contributed by atoms with Crippen molar-refractivity contribution in [3.05, 3.63) is 48.2 Å². The molecule has 0 aliphatic carbocycles. The highest BCUT2D eigenvalue weighted by Gasteiger charge is 2.46. The highest BCUT2D eigenvalue weighted by molar-refractivity contribution is 6.03. The van der Waals surface area contributed by atoms with Crippen molar-refractivity contribution in [1.82, 2.24) is 14.7 Å². The van der Waals surface area contributed by atoms with E-state index in [9.17, 15) is 14.4 Å². The zero-order chi connectivity index (χ0) is 18.7. The van der Waals surface area contributed by atoms with Crippen molar-refractivity contribution < 1.29 is 19.5 Å². The molecule has 0 bridgehead atoms. The molecule has 2 amide bonds. The third-order valence-electron chi connectivity index (χ3n) is 4.58. The summed E-state index contributed by atoms with van der Waals surface area (Å²) in [6, 6.07) is 10.4. The van der Waals surface area contributed by atoms with Gasteiger partial charge in [0, 0.05) is 24.4 Å². The molecule has 1 saturated heterocycles. The number of likely N-dealkylation sites (tertiary alicyclic amines) is 1. The van der Waals surface area contributed by atoms with E-state index in [2.05, 4.69) is 10.4 Å². The lowest BCUT2D eigenvalue weighted by Gasteiger charge is -2.33. The molecule has 8 heteroatoms. The Balaban J connectivity index is 1.75. The Morgan fingerprint density at radius 3 is 2.65 bits per heavy atom. The van der Waals surface area contributed by atoms with Gasteiger partial charge in [-0.05, 0) is 31.9 Å². The molecule has 8 nitrogen and oxygen atoms in total. The standard InChI is InChI=1S/C18H20N4O4/c1-18(17(26)19-14-8-11-21(20-14)12-15(23)24)9-5-10-22(18)16(25)13-6-3-2-4-7-13/h2-4,6-8,11H,5,9-10,12H2,1H3,(H,23,24)(H,19,20,26). The number of hydrogen-bond acceptors (Lipinski definition) is 4. The van der Waals surface area contributed by atoms with Crippen molar-refractivity contribution in [2.45, 2.75) is 31.8 Å². The topological polar surface area (TPSA) is 105 Å². The van der Waals surface area contributed by atoms with E-state index in [-0.39, 0.29) is 24.2 Å². The fourth-order valence-corrected chi connectivity index (χ4v) is 3.17. The van der Waals surface area contributed by atoms with Crippen LogP contribution >= 0.6 is 0 Å². The third-order valence-corrected chi connectivity index (χ3v) is 4.58. The number of aliphatic carboxylic acids is 1. The Morgan fingerprint density at radius 2 is 1.96 bits per heavy atom. The first-order valence-corrected chi connectivity index (χ1v) is 8.34. The number of anilines is 1. The SMILES string of the molecule is CC1(C(=O)Nc2ccn(CC(=O)O)n2)CCCN1C(=O)c1ccccc1. The maximum absolute atomic E-state index is 12.8. The van der Waals surface area contributed by atoms with Gasteiger partial charge >= 0.3 is 5.97 Å². The maximum atomic E-state index is 12.8. The van der Waals surface area contributed by atoms with Crippen molar-refractivity contribution in [2.75, 3.05) is 11.9 Å². The lowest BCUT2D eigenvalue weighted by molar-refractivity contribution is -0.137. The summed E-state index contributed by atoms with van der Waals surface area (Å²) in [5.41, 5.74) is -0.442. The van der Waals surface area contributed by atoms with Crippen LogP contribution in [0.1, 0.15) is 30.1 Å². The summed E-state index contributed by atoms with van der Waals surface area (Å²) in [6.07, 6.45) is 2.76. The summed E-state index contributed by atoms with van der Waals surface area (Å²) < 4.78 is 1.22. The summed E-state index contributed by atoms with van der Waals surface area (Å²) in [7, 11) is 0. The van der Waals surface area contributed by atoms with Gasteiger partial charge < -0.3 is 15.3 Å². The largest absolute Gasteiger partial charge is 0.480 e. The summed E-state index contributed by atoms with van der Waals surface area (Å²) in [5.74, 6) is -1.28. The first-order valence-electron chi connectivity index (χ1n) is 8.34. The Bertz CT molecular complexity index is 833. The van der Waals surface area contributed by atoms with E-state index in [1.165, 1.54) is 16.9 Å². The van der Waals surface area contributed by atoms with E-state index < -0.39 is 11.5 Å². The monoisotopic (exact) mass is 356 g/mol. The minimum absolute atomic E-state index is 0.183. The van der Waals surface area contributed by atoms with Gasteiger partial charge in [0.25, 0.3) is 11.8 Å². The second-order valence-electron chi connectivity index (χ2n) is 6.45. The summed E-state index contributed by atoms with van der Waals surface area (Å²) >= 11 is 0. The summed E-state index contributed by atoms with van der Waals surface area (Å²) in [4.78, 5) is 38.0. The lowest BCUT2D eigenvalue weighted by atomic mass is 9.97. The van der Waals surface area contributed by atoms with Crippen LogP contribution in [-0.2, 0) is 16.1 Å². The fourth-order valence-electron chi connectivity index (χ4n) is 3.17. The zero-order valence-corrected chi connectivity index (χ0v) is 14.4. The van der Waals surface area contributed by atoms with Crippen molar-refractivity contribution in [1.29, 1.82) is 0 Å². The molecule has 2 aromatic rings. The summed E-state index contributed by atoms with van der Waals surface area (Å²) in [5, 5.41) is 15.5. The van der Waals surface area contributed by atoms with Gasteiger partial charge in [0.15, 0.2) is 5.82 Å². The number of hydrogen-bond donors (Lipinski definition) is 2. The van der Waals surface area contributed by atoms with E-state index in [0.29, 0.717) is 18.5 Å². The van der Waals surface area contributed by atoms with Gasteiger partial charge in [-0.15, -0.1) is 0 Å². The molecule has 1 aliphatic heterocycles. The van der Waals surface area contributed by atoms with Gasteiger partial charge in [0.1, 0.15) is 12.1 Å². The van der Waals surface area contributed by atoms with Gasteiger partial charge in [-0.3, -0.25) is 19.1 Å². The normalized spacial score (nSPS) is 19.3. The highest BCUT2D eigenvalue weighted by Crippen LogP contribution is 2.31. The van der Waals surface area contributed by atoms with E-state index >= 15 is 0 Å². The number of nitrogens with one attached hydrogen (secondary N) is 1. The van der Waals surface area contributed by atoms with E-state index in [1.54, 1.807) is 36.1 Å². The van der Waals surface area contributed by atoms with Crippen molar-refractivity contribution >= 4 is 23.6 Å². The first-order chi connectivity index (χ1) is 12.4. The van der Waals surface area contributed by atoms with E-state index in [1.807, 2.05) is 6.07 Å².